The van der Waals surface area contributed by atoms with Crippen molar-refractivity contribution >= 4 is 28.9 Å². The van der Waals surface area contributed by atoms with E-state index in [9.17, 15) is 39.6 Å². The van der Waals surface area contributed by atoms with Gasteiger partial charge in [0.15, 0.2) is 0 Å². The number of rotatable bonds is 3. The first kappa shape index (κ1) is 41.1. The van der Waals surface area contributed by atoms with E-state index >= 15 is 0 Å². The molecule has 294 valence electrons. The van der Waals surface area contributed by atoms with Crippen molar-refractivity contribution in [2.24, 2.45) is 23.7 Å². The molecule has 0 saturated carbocycles. The van der Waals surface area contributed by atoms with Crippen molar-refractivity contribution in [3.8, 4) is 11.5 Å². The van der Waals surface area contributed by atoms with E-state index in [4.69, 9.17) is 14.2 Å². The first-order valence-corrected chi connectivity index (χ1v) is 18.2. The number of amides is 1. The Morgan fingerprint density at radius 1 is 0.818 bits per heavy atom. The number of benzene rings is 2. The Hall–Kier alpha value is -5.08. The van der Waals surface area contributed by atoms with E-state index in [0.717, 1.165) is 5.56 Å². The SMILES string of the molecule is CO[C@H]1C=CO[C@@]2(C)Oc3c(C)c(O)c4c(c3C2=O)C(=O)C(Nc2ccc(C)cc2)=C(NC(=O)C(C)=CC=C[C@H](C)[C@H](O)[C@@H](C)[C@H](O)[C@H](C)[C@H](O)[C@@H]1C)C4=O. The number of ketones is 3. The molecule has 5 bridgehead atoms. The highest BCUT2D eigenvalue weighted by atomic mass is 16.7. The number of aliphatic hydroxyl groups is 3. The van der Waals surface area contributed by atoms with E-state index in [0.29, 0.717) is 5.69 Å². The van der Waals surface area contributed by atoms with Crippen LogP contribution in [0.4, 0.5) is 5.69 Å². The van der Waals surface area contributed by atoms with Crippen LogP contribution in [0.1, 0.15) is 83.7 Å². The zero-order valence-electron chi connectivity index (χ0n) is 32.5. The number of carbonyl (C=O) groups excluding carboxylic acids is 4. The molecule has 1 amide bonds. The summed E-state index contributed by atoms with van der Waals surface area (Å²) in [5.41, 5.74) is -0.492. The molecule has 2 aromatic rings. The predicted octanol–water partition coefficient (Wildman–Crippen LogP) is 4.81. The Morgan fingerprint density at radius 2 is 1.44 bits per heavy atom. The minimum absolute atomic E-state index is 0.00324. The normalized spacial score (nSPS) is 30.5. The molecule has 3 aliphatic heterocycles. The molecular weight excluding hydrogens is 708 g/mol. The van der Waals surface area contributed by atoms with E-state index in [1.165, 1.54) is 46.3 Å². The number of hydrogen-bond acceptors (Lipinski definition) is 12. The van der Waals surface area contributed by atoms with Crippen molar-refractivity contribution in [3.63, 3.8) is 0 Å². The zero-order valence-corrected chi connectivity index (χ0v) is 32.5. The third-order valence-corrected chi connectivity index (χ3v) is 11.0. The first-order valence-electron chi connectivity index (χ1n) is 18.2. The van der Waals surface area contributed by atoms with Gasteiger partial charge in [-0.25, -0.2) is 0 Å². The minimum atomic E-state index is -2.06. The highest BCUT2D eigenvalue weighted by Gasteiger charge is 2.52. The van der Waals surface area contributed by atoms with Gasteiger partial charge in [0.1, 0.15) is 22.9 Å². The molecule has 13 nitrogen and oxygen atoms in total. The molecule has 55 heavy (non-hydrogen) atoms. The van der Waals surface area contributed by atoms with Gasteiger partial charge in [-0.3, -0.25) is 19.2 Å². The molecule has 0 saturated heterocycles. The second-order valence-electron chi connectivity index (χ2n) is 14.9. The molecule has 6 rings (SSSR count). The lowest BCUT2D eigenvalue weighted by atomic mass is 9.78. The molecule has 2 aromatic carbocycles. The van der Waals surface area contributed by atoms with Crippen molar-refractivity contribution in [2.45, 2.75) is 85.6 Å². The molecule has 0 aromatic heterocycles. The average Bonchev–Trinajstić information content (AvgIpc) is 3.42. The third-order valence-electron chi connectivity index (χ3n) is 11.0. The van der Waals surface area contributed by atoms with Gasteiger partial charge in [0.05, 0.1) is 47.4 Å². The molecule has 0 spiro atoms. The maximum atomic E-state index is 14.6. The Balaban J connectivity index is 1.67. The smallest absolute Gasteiger partial charge is 0.312 e. The van der Waals surface area contributed by atoms with E-state index in [2.05, 4.69) is 10.6 Å². The van der Waals surface area contributed by atoms with Crippen LogP contribution in [0.3, 0.4) is 0 Å². The summed E-state index contributed by atoms with van der Waals surface area (Å²) in [6, 6.07) is 6.91. The van der Waals surface area contributed by atoms with Crippen LogP contribution in [0, 0.1) is 37.5 Å². The van der Waals surface area contributed by atoms with Gasteiger partial charge in [-0.05, 0) is 39.0 Å². The molecule has 3 heterocycles. The first-order chi connectivity index (χ1) is 25.8. The molecular formula is C42H50N2O11. The van der Waals surface area contributed by atoms with Gasteiger partial charge in [-0.2, -0.15) is 0 Å². The van der Waals surface area contributed by atoms with Crippen molar-refractivity contribution in [1.82, 2.24) is 5.32 Å². The number of phenolic OH excluding ortho intramolecular Hbond substituents is 1. The lowest BCUT2D eigenvalue weighted by Gasteiger charge is -2.36. The number of methoxy groups -OCH3 is 1. The Kier molecular flexibility index (Phi) is 11.9. The van der Waals surface area contributed by atoms with Crippen molar-refractivity contribution in [2.75, 3.05) is 12.4 Å². The topological polar surface area (TPSA) is 201 Å². The fraction of sp³-hybridized carbons (Fsp3) is 0.429. The summed E-state index contributed by atoms with van der Waals surface area (Å²) < 4.78 is 17.5. The lowest BCUT2D eigenvalue weighted by molar-refractivity contribution is -0.116. The van der Waals surface area contributed by atoms with Gasteiger partial charge in [0.2, 0.25) is 11.6 Å². The molecule has 0 unspecified atom stereocenters. The summed E-state index contributed by atoms with van der Waals surface area (Å²) in [6.45, 7) is 12.9. The van der Waals surface area contributed by atoms with Crippen LogP contribution in [0.25, 0.3) is 0 Å². The molecule has 1 aliphatic carbocycles. The number of Topliss-reactive ketones (excluding diaryl/α,β-unsaturated/α-hetero) is 3. The van der Waals surface area contributed by atoms with Crippen LogP contribution in [-0.4, -0.2) is 81.0 Å². The van der Waals surface area contributed by atoms with Crippen molar-refractivity contribution < 1.29 is 53.8 Å². The number of aliphatic hydroxyl groups excluding tert-OH is 3. The van der Waals surface area contributed by atoms with E-state index < -0.39 is 99.7 Å². The summed E-state index contributed by atoms with van der Waals surface area (Å²) in [4.78, 5) is 56.8. The second-order valence-corrected chi connectivity index (χ2v) is 14.9. The van der Waals surface area contributed by atoms with Crippen LogP contribution in [0.5, 0.6) is 11.5 Å². The van der Waals surface area contributed by atoms with E-state index in [1.54, 1.807) is 64.1 Å². The number of aryl methyl sites for hydroxylation is 1. The van der Waals surface area contributed by atoms with E-state index in [1.807, 2.05) is 6.92 Å². The quantitative estimate of drug-likeness (QED) is 0.250. The number of fused-ring (bicyclic) bond motifs is 14. The molecule has 9 atom stereocenters. The highest BCUT2D eigenvalue weighted by molar-refractivity contribution is 6.33. The van der Waals surface area contributed by atoms with Gasteiger partial charge in [-0.1, -0.05) is 63.6 Å². The van der Waals surface area contributed by atoms with E-state index in [-0.39, 0.29) is 28.1 Å². The minimum Gasteiger partial charge on any atom is -0.507 e. The second kappa shape index (κ2) is 16.0. The van der Waals surface area contributed by atoms with Crippen LogP contribution < -0.4 is 15.4 Å². The summed E-state index contributed by atoms with van der Waals surface area (Å²) in [5, 5.41) is 50.7. The monoisotopic (exact) mass is 758 g/mol. The number of hydrogen-bond donors (Lipinski definition) is 6. The number of ether oxygens (including phenoxy) is 3. The van der Waals surface area contributed by atoms with Crippen LogP contribution in [0.15, 0.2) is 71.8 Å². The Bertz CT molecular complexity index is 2010. The van der Waals surface area contributed by atoms with Crippen molar-refractivity contribution in [3.05, 3.63) is 99.6 Å². The van der Waals surface area contributed by atoms with Crippen LogP contribution >= 0.6 is 0 Å². The fourth-order valence-corrected chi connectivity index (χ4v) is 7.20. The van der Waals surface area contributed by atoms with Gasteiger partial charge in [0.25, 0.3) is 11.7 Å². The number of anilines is 1. The number of aromatic hydroxyl groups is 1. The number of phenols is 1. The number of allylic oxidation sites excluding steroid dienone is 4. The maximum absolute atomic E-state index is 14.6. The summed E-state index contributed by atoms with van der Waals surface area (Å²) >= 11 is 0. The molecule has 13 heteroatoms. The molecule has 0 radical (unpaired) electrons. The largest absolute Gasteiger partial charge is 0.507 e. The van der Waals surface area contributed by atoms with Crippen LogP contribution in [-0.2, 0) is 14.3 Å². The fourth-order valence-electron chi connectivity index (χ4n) is 7.20. The van der Waals surface area contributed by atoms with Gasteiger partial charge < -0.3 is 45.3 Å². The Labute approximate surface area is 320 Å². The molecule has 6 N–H and O–H groups in total. The predicted molar refractivity (Wildman–Crippen MR) is 203 cm³/mol. The Morgan fingerprint density at radius 3 is 2.07 bits per heavy atom. The van der Waals surface area contributed by atoms with Crippen LogP contribution in [0.2, 0.25) is 0 Å². The average molecular weight is 759 g/mol. The number of nitrogens with one attached hydrogen (secondary N) is 2. The summed E-state index contributed by atoms with van der Waals surface area (Å²) in [7, 11) is 1.42. The molecule has 0 fully saturated rings. The van der Waals surface area contributed by atoms with Gasteiger partial charge in [0, 0.05) is 54.5 Å². The standard InChI is InChI=1S/C42H50N2O11/c1-19-13-15-26(16-14-19)43-31-32-38(50)29-28(37(31)49)30-39(25(7)36(29)48)55-42(8,40(30)51)54-18-17-27(53-9)22(4)34(46)24(6)35(47)23(5)33(45)20(2)11-10-12-21(3)41(52)44-32/h10-18,20,22-24,27,33-35,43,45-48H,1-9H3,(H,44,52)/t20-,22+,23+,24+,27-,33-,34+,35-,42-/m0/s1. The zero-order chi connectivity index (χ0) is 40.7. The lowest BCUT2D eigenvalue weighted by Crippen LogP contribution is -2.45. The maximum Gasteiger partial charge on any atom is 0.312 e. The highest BCUT2D eigenvalue weighted by Crippen LogP contribution is 2.48. The molecule has 4 aliphatic rings. The number of carbonyl (C=O) groups is 4. The summed E-state index contributed by atoms with van der Waals surface area (Å²) in [6.07, 6.45) is 3.28. The van der Waals surface area contributed by atoms with Crippen molar-refractivity contribution in [1.29, 1.82) is 0 Å². The van der Waals surface area contributed by atoms with Gasteiger partial charge in [-0.15, -0.1) is 0 Å². The van der Waals surface area contributed by atoms with Gasteiger partial charge >= 0.3 is 5.79 Å². The third kappa shape index (κ3) is 7.62. The summed E-state index contributed by atoms with van der Waals surface area (Å²) in [5.74, 6) is -8.63.